The van der Waals surface area contributed by atoms with Crippen LogP contribution in [0.2, 0.25) is 0 Å². The normalized spacial score (nSPS) is 28.6. The lowest BCUT2D eigenvalue weighted by atomic mass is 9.83. The second kappa shape index (κ2) is 6.38. The van der Waals surface area contributed by atoms with Crippen LogP contribution >= 0.6 is 0 Å². The van der Waals surface area contributed by atoms with Crippen molar-refractivity contribution in [3.63, 3.8) is 0 Å². The average molecular weight is 306 g/mol. The highest BCUT2D eigenvalue weighted by Gasteiger charge is 2.41. The minimum Gasteiger partial charge on any atom is -0.377 e. The molecule has 0 bridgehead atoms. The van der Waals surface area contributed by atoms with Gasteiger partial charge in [0.15, 0.2) is 0 Å². The second-order valence-corrected chi connectivity index (χ2v) is 6.85. The Bertz CT molecular complexity index is 528. The number of carbonyl (C=O) groups is 1. The fraction of sp³-hybridized carbons (Fsp3) is 0.750. The Balaban J connectivity index is 1.54. The highest BCUT2D eigenvalue weighted by atomic mass is 16.5. The predicted molar refractivity (Wildman–Crippen MR) is 83.2 cm³/mol. The van der Waals surface area contributed by atoms with E-state index in [1.807, 2.05) is 21.0 Å². The summed E-state index contributed by atoms with van der Waals surface area (Å²) in [5.74, 6) is 1.25. The van der Waals surface area contributed by atoms with Crippen LogP contribution in [0.5, 0.6) is 0 Å². The standard InChI is InChI=1S/C16H26N4O2/c1-11-6-13(18-17-11)9-20-5-4-14-12(8-20)10-22-15(14)7-16(21)19(2)3/h6,12,14-15H,4-5,7-10H2,1-3H3,(H,17,18)/t12-,14-,15+/m1/s1. The number of piperidine rings is 1. The van der Waals surface area contributed by atoms with Crippen molar-refractivity contribution >= 4 is 5.91 Å². The van der Waals surface area contributed by atoms with Crippen LogP contribution < -0.4 is 0 Å². The lowest BCUT2D eigenvalue weighted by molar-refractivity contribution is -0.131. The molecule has 2 saturated heterocycles. The number of aromatic amines is 1. The largest absolute Gasteiger partial charge is 0.377 e. The molecule has 0 spiro atoms. The van der Waals surface area contributed by atoms with Crippen molar-refractivity contribution in [3.05, 3.63) is 17.5 Å². The highest BCUT2D eigenvalue weighted by molar-refractivity contribution is 5.76. The van der Waals surface area contributed by atoms with E-state index >= 15 is 0 Å². The van der Waals surface area contributed by atoms with Gasteiger partial charge < -0.3 is 9.64 Å². The number of likely N-dealkylation sites (tertiary alicyclic amines) is 1. The van der Waals surface area contributed by atoms with Crippen LogP contribution in [0.15, 0.2) is 6.07 Å². The number of hydrogen-bond donors (Lipinski definition) is 1. The van der Waals surface area contributed by atoms with Gasteiger partial charge in [0, 0.05) is 38.8 Å². The SMILES string of the molecule is Cc1cc(CN2CC[C@@H]3[C@@H](CO[C@H]3CC(=O)N(C)C)C2)n[nH]1. The molecule has 2 aliphatic rings. The molecule has 6 heteroatoms. The maximum absolute atomic E-state index is 11.9. The van der Waals surface area contributed by atoms with Gasteiger partial charge >= 0.3 is 0 Å². The lowest BCUT2D eigenvalue weighted by Gasteiger charge is -2.35. The highest BCUT2D eigenvalue weighted by Crippen LogP contribution is 2.36. The third-order valence-electron chi connectivity index (χ3n) is 4.90. The van der Waals surface area contributed by atoms with Gasteiger partial charge in [0.1, 0.15) is 0 Å². The number of hydrogen-bond acceptors (Lipinski definition) is 4. The first-order valence-electron chi connectivity index (χ1n) is 8.08. The molecule has 1 aromatic rings. The summed E-state index contributed by atoms with van der Waals surface area (Å²) in [6.07, 6.45) is 1.74. The summed E-state index contributed by atoms with van der Waals surface area (Å²) in [5, 5.41) is 7.32. The van der Waals surface area contributed by atoms with Crippen molar-refractivity contribution < 1.29 is 9.53 Å². The zero-order valence-electron chi connectivity index (χ0n) is 13.7. The quantitative estimate of drug-likeness (QED) is 0.903. The summed E-state index contributed by atoms with van der Waals surface area (Å²) < 4.78 is 5.93. The lowest BCUT2D eigenvalue weighted by Crippen LogP contribution is -2.41. The van der Waals surface area contributed by atoms with Gasteiger partial charge in [0.2, 0.25) is 5.91 Å². The Kier molecular flexibility index (Phi) is 4.49. The molecule has 0 aliphatic carbocycles. The minimum absolute atomic E-state index is 0.106. The van der Waals surface area contributed by atoms with Gasteiger partial charge in [0.25, 0.3) is 0 Å². The van der Waals surface area contributed by atoms with E-state index in [4.69, 9.17) is 4.74 Å². The van der Waals surface area contributed by atoms with Crippen LogP contribution in [0.3, 0.4) is 0 Å². The van der Waals surface area contributed by atoms with Crippen molar-refractivity contribution in [3.8, 4) is 0 Å². The number of carbonyl (C=O) groups excluding carboxylic acids is 1. The van der Waals surface area contributed by atoms with Crippen LogP contribution in [-0.2, 0) is 16.1 Å². The Hall–Kier alpha value is -1.40. The van der Waals surface area contributed by atoms with Gasteiger partial charge in [-0.1, -0.05) is 0 Å². The number of nitrogens with zero attached hydrogens (tertiary/aromatic N) is 3. The molecule has 122 valence electrons. The molecule has 0 saturated carbocycles. The summed E-state index contributed by atoms with van der Waals surface area (Å²) in [7, 11) is 3.62. The van der Waals surface area contributed by atoms with Crippen molar-refractivity contribution in [1.82, 2.24) is 20.0 Å². The van der Waals surface area contributed by atoms with E-state index in [9.17, 15) is 4.79 Å². The fourth-order valence-electron chi connectivity index (χ4n) is 3.66. The molecule has 2 aliphatic heterocycles. The predicted octanol–water partition coefficient (Wildman–Crippen LogP) is 1.03. The van der Waals surface area contributed by atoms with E-state index in [0.717, 1.165) is 44.0 Å². The van der Waals surface area contributed by atoms with Gasteiger partial charge in [0.05, 0.1) is 24.8 Å². The zero-order valence-corrected chi connectivity index (χ0v) is 13.7. The Morgan fingerprint density at radius 1 is 1.55 bits per heavy atom. The van der Waals surface area contributed by atoms with Crippen LogP contribution in [-0.4, -0.2) is 65.8 Å². The molecule has 22 heavy (non-hydrogen) atoms. The molecule has 3 heterocycles. The number of ether oxygens (including phenoxy) is 1. The molecule has 0 radical (unpaired) electrons. The second-order valence-electron chi connectivity index (χ2n) is 6.85. The molecule has 2 fully saturated rings. The third kappa shape index (κ3) is 3.33. The van der Waals surface area contributed by atoms with Crippen LogP contribution in [0, 0.1) is 18.8 Å². The van der Waals surface area contributed by atoms with E-state index in [1.54, 1.807) is 4.90 Å². The summed E-state index contributed by atoms with van der Waals surface area (Å²) in [4.78, 5) is 16.0. The molecule has 3 atom stereocenters. The Morgan fingerprint density at radius 3 is 3.05 bits per heavy atom. The van der Waals surface area contributed by atoms with E-state index in [-0.39, 0.29) is 12.0 Å². The number of fused-ring (bicyclic) bond motifs is 1. The zero-order chi connectivity index (χ0) is 15.7. The first-order chi connectivity index (χ1) is 10.5. The summed E-state index contributed by atoms with van der Waals surface area (Å²) in [6, 6.07) is 2.11. The first-order valence-corrected chi connectivity index (χ1v) is 8.08. The molecule has 1 amide bonds. The molecule has 0 aromatic carbocycles. The van der Waals surface area contributed by atoms with Crippen molar-refractivity contribution in [1.29, 1.82) is 0 Å². The average Bonchev–Trinajstić information content (AvgIpc) is 3.05. The maximum atomic E-state index is 11.9. The smallest absolute Gasteiger partial charge is 0.224 e. The molecule has 1 N–H and O–H groups in total. The van der Waals surface area contributed by atoms with Crippen LogP contribution in [0.25, 0.3) is 0 Å². The van der Waals surface area contributed by atoms with Gasteiger partial charge in [-0.15, -0.1) is 0 Å². The van der Waals surface area contributed by atoms with E-state index in [2.05, 4.69) is 21.2 Å². The van der Waals surface area contributed by atoms with Crippen molar-refractivity contribution in [2.24, 2.45) is 11.8 Å². The summed E-state index contributed by atoms with van der Waals surface area (Å²) in [6.45, 7) is 5.81. The molecular weight excluding hydrogens is 280 g/mol. The number of H-pyrrole nitrogens is 1. The summed E-state index contributed by atoms with van der Waals surface area (Å²) >= 11 is 0. The van der Waals surface area contributed by atoms with Crippen LogP contribution in [0.1, 0.15) is 24.2 Å². The van der Waals surface area contributed by atoms with Gasteiger partial charge in [-0.05, 0) is 31.9 Å². The first kappa shape index (κ1) is 15.5. The maximum Gasteiger partial charge on any atom is 0.224 e. The molecule has 3 rings (SSSR count). The number of rotatable bonds is 4. The number of amides is 1. The Labute approximate surface area is 131 Å². The number of aryl methyl sites for hydroxylation is 1. The molecule has 1 aromatic heterocycles. The van der Waals surface area contributed by atoms with Gasteiger partial charge in [-0.25, -0.2) is 0 Å². The van der Waals surface area contributed by atoms with Gasteiger partial charge in [-0.2, -0.15) is 5.10 Å². The summed E-state index contributed by atoms with van der Waals surface area (Å²) in [5.41, 5.74) is 2.21. The van der Waals surface area contributed by atoms with E-state index in [1.165, 1.54) is 0 Å². The molecular formula is C16H26N4O2. The third-order valence-corrected chi connectivity index (χ3v) is 4.90. The van der Waals surface area contributed by atoms with E-state index < -0.39 is 0 Å². The number of nitrogens with one attached hydrogen (secondary N) is 1. The fourth-order valence-corrected chi connectivity index (χ4v) is 3.66. The van der Waals surface area contributed by atoms with Crippen molar-refractivity contribution in [2.75, 3.05) is 33.8 Å². The van der Waals surface area contributed by atoms with Crippen molar-refractivity contribution in [2.45, 2.75) is 32.4 Å². The topological polar surface area (TPSA) is 61.5 Å². The Morgan fingerprint density at radius 2 is 2.36 bits per heavy atom. The number of aromatic nitrogens is 2. The minimum atomic E-state index is 0.106. The van der Waals surface area contributed by atoms with Crippen LogP contribution in [0.4, 0.5) is 0 Å². The molecule has 6 nitrogen and oxygen atoms in total. The van der Waals surface area contributed by atoms with Gasteiger partial charge in [-0.3, -0.25) is 14.8 Å². The monoisotopic (exact) mass is 306 g/mol. The van der Waals surface area contributed by atoms with E-state index in [0.29, 0.717) is 18.3 Å². The molecule has 0 unspecified atom stereocenters.